The number of nitrogens with zero attached hydrogens (tertiary/aromatic N) is 2. The summed E-state index contributed by atoms with van der Waals surface area (Å²) < 4.78 is 0. The third kappa shape index (κ3) is 3.22. The Morgan fingerprint density at radius 3 is 2.57 bits per heavy atom. The summed E-state index contributed by atoms with van der Waals surface area (Å²) in [5.41, 5.74) is 6.88. The maximum atomic E-state index is 12.5. The van der Waals surface area contributed by atoms with Crippen LogP contribution in [0.15, 0.2) is 30.3 Å². The predicted molar refractivity (Wildman–Crippen MR) is 86.4 cm³/mol. The summed E-state index contributed by atoms with van der Waals surface area (Å²) >= 11 is 6.09. The van der Waals surface area contributed by atoms with E-state index in [-0.39, 0.29) is 17.5 Å². The molecule has 1 aromatic heterocycles. The number of carbonyl (C=O) groups excluding carboxylic acids is 2. The van der Waals surface area contributed by atoms with Crippen molar-refractivity contribution in [2.45, 2.75) is 18.8 Å². The molecule has 0 radical (unpaired) electrons. The number of nitrogens with one attached hydrogen (secondary N) is 1. The smallest absolute Gasteiger partial charge is 0.269 e. The Labute approximate surface area is 138 Å². The minimum atomic E-state index is -0.543. The Bertz CT molecular complexity index is 735. The molecule has 1 saturated heterocycles. The standard InChI is InChI=1S/C16H17ClN4O2/c17-12-4-2-1-3-11(12)16(23)21-7-5-10(6-8-21)13-9-14(15(18)22)20-19-13/h1-4,9-10H,5-8H2,(H2,18,22)(H,19,20). The molecule has 1 aliphatic heterocycles. The SMILES string of the molecule is NC(=O)c1cc(C2CCN(C(=O)c3ccccc3Cl)CC2)[nH]n1. The first-order valence-electron chi connectivity index (χ1n) is 7.45. The van der Waals surface area contributed by atoms with Gasteiger partial charge in [0.25, 0.3) is 11.8 Å². The van der Waals surface area contributed by atoms with Gasteiger partial charge in [-0.25, -0.2) is 0 Å². The van der Waals surface area contributed by atoms with Gasteiger partial charge in [0.15, 0.2) is 0 Å². The van der Waals surface area contributed by atoms with Crippen molar-refractivity contribution in [3.05, 3.63) is 52.3 Å². The highest BCUT2D eigenvalue weighted by atomic mass is 35.5. The van der Waals surface area contributed by atoms with E-state index < -0.39 is 5.91 Å². The first-order chi connectivity index (χ1) is 11.1. The number of rotatable bonds is 3. The molecule has 7 heteroatoms. The second-order valence-corrected chi connectivity index (χ2v) is 6.03. The van der Waals surface area contributed by atoms with Crippen LogP contribution in [-0.4, -0.2) is 40.0 Å². The van der Waals surface area contributed by atoms with Crippen LogP contribution in [0.1, 0.15) is 45.3 Å². The van der Waals surface area contributed by atoms with Gasteiger partial charge < -0.3 is 10.6 Å². The highest BCUT2D eigenvalue weighted by Crippen LogP contribution is 2.28. The molecule has 1 aromatic carbocycles. The maximum absolute atomic E-state index is 12.5. The number of carbonyl (C=O) groups is 2. The van der Waals surface area contributed by atoms with Crippen molar-refractivity contribution in [1.82, 2.24) is 15.1 Å². The lowest BCUT2D eigenvalue weighted by molar-refractivity contribution is 0.0712. The van der Waals surface area contributed by atoms with Gasteiger partial charge in [-0.1, -0.05) is 23.7 Å². The molecule has 3 rings (SSSR count). The Balaban J connectivity index is 1.65. The number of aromatic nitrogens is 2. The zero-order chi connectivity index (χ0) is 16.4. The molecule has 23 heavy (non-hydrogen) atoms. The minimum Gasteiger partial charge on any atom is -0.364 e. The number of halogens is 1. The normalized spacial score (nSPS) is 15.6. The van der Waals surface area contributed by atoms with Gasteiger partial charge in [0.1, 0.15) is 5.69 Å². The topological polar surface area (TPSA) is 92.1 Å². The van der Waals surface area contributed by atoms with Crippen molar-refractivity contribution in [3.8, 4) is 0 Å². The molecular weight excluding hydrogens is 316 g/mol. The summed E-state index contributed by atoms with van der Waals surface area (Å²) in [6.45, 7) is 1.28. The number of H-pyrrole nitrogens is 1. The van der Waals surface area contributed by atoms with E-state index in [0.717, 1.165) is 18.5 Å². The van der Waals surface area contributed by atoms with Gasteiger partial charge in [-0.3, -0.25) is 14.7 Å². The molecule has 0 bridgehead atoms. The maximum Gasteiger partial charge on any atom is 0.269 e. The lowest BCUT2D eigenvalue weighted by atomic mass is 9.93. The molecule has 0 atom stereocenters. The number of hydrogen-bond donors (Lipinski definition) is 2. The van der Waals surface area contributed by atoms with Crippen LogP contribution in [0.2, 0.25) is 5.02 Å². The number of piperidine rings is 1. The molecule has 1 fully saturated rings. The number of aromatic amines is 1. The van der Waals surface area contributed by atoms with Gasteiger partial charge in [-0.2, -0.15) is 5.10 Å². The first-order valence-corrected chi connectivity index (χ1v) is 7.83. The predicted octanol–water partition coefficient (Wildman–Crippen LogP) is 2.18. The van der Waals surface area contributed by atoms with Crippen molar-refractivity contribution < 1.29 is 9.59 Å². The summed E-state index contributed by atoms with van der Waals surface area (Å²) in [7, 11) is 0. The van der Waals surface area contributed by atoms with Crippen molar-refractivity contribution in [3.63, 3.8) is 0 Å². The van der Waals surface area contributed by atoms with Gasteiger partial charge >= 0.3 is 0 Å². The molecule has 0 spiro atoms. The third-order valence-corrected chi connectivity index (χ3v) is 4.51. The third-order valence-electron chi connectivity index (χ3n) is 4.18. The number of primary amides is 1. The van der Waals surface area contributed by atoms with Gasteiger partial charge in [-0.05, 0) is 31.0 Å². The lowest BCUT2D eigenvalue weighted by Gasteiger charge is -2.31. The first kappa shape index (κ1) is 15.6. The Hall–Kier alpha value is -2.34. The molecule has 120 valence electrons. The summed E-state index contributed by atoms with van der Waals surface area (Å²) in [5, 5.41) is 7.24. The quantitative estimate of drug-likeness (QED) is 0.902. The molecule has 3 N–H and O–H groups in total. The molecule has 2 amide bonds. The largest absolute Gasteiger partial charge is 0.364 e. The van der Waals surface area contributed by atoms with Crippen LogP contribution in [-0.2, 0) is 0 Å². The van der Waals surface area contributed by atoms with Crippen LogP contribution in [0.25, 0.3) is 0 Å². The highest BCUT2D eigenvalue weighted by Gasteiger charge is 2.26. The number of hydrogen-bond acceptors (Lipinski definition) is 3. The van der Waals surface area contributed by atoms with Crippen molar-refractivity contribution >= 4 is 23.4 Å². The van der Waals surface area contributed by atoms with E-state index in [1.807, 2.05) is 11.0 Å². The summed E-state index contributed by atoms with van der Waals surface area (Å²) in [4.78, 5) is 25.4. The fourth-order valence-electron chi connectivity index (χ4n) is 2.87. The Morgan fingerprint density at radius 2 is 1.96 bits per heavy atom. The average Bonchev–Trinajstić information content (AvgIpc) is 3.05. The molecular formula is C16H17ClN4O2. The van der Waals surface area contributed by atoms with E-state index in [9.17, 15) is 9.59 Å². The number of benzene rings is 1. The zero-order valence-electron chi connectivity index (χ0n) is 12.5. The fraction of sp³-hybridized carbons (Fsp3) is 0.312. The van der Waals surface area contributed by atoms with Crippen LogP contribution in [0.3, 0.4) is 0 Å². The van der Waals surface area contributed by atoms with Gasteiger partial charge in [0.2, 0.25) is 0 Å². The summed E-state index contributed by atoms with van der Waals surface area (Å²) in [6, 6.07) is 8.77. The highest BCUT2D eigenvalue weighted by molar-refractivity contribution is 6.33. The molecule has 0 unspecified atom stereocenters. The fourth-order valence-corrected chi connectivity index (χ4v) is 3.09. The van der Waals surface area contributed by atoms with Gasteiger partial charge in [0.05, 0.1) is 10.6 Å². The molecule has 2 heterocycles. The molecule has 6 nitrogen and oxygen atoms in total. The number of nitrogens with two attached hydrogens (primary N) is 1. The van der Waals surface area contributed by atoms with E-state index in [1.165, 1.54) is 0 Å². The lowest BCUT2D eigenvalue weighted by Crippen LogP contribution is -2.38. The van der Waals surface area contributed by atoms with Crippen LogP contribution < -0.4 is 5.73 Å². The Morgan fingerprint density at radius 1 is 1.26 bits per heavy atom. The monoisotopic (exact) mass is 332 g/mol. The van der Waals surface area contributed by atoms with Crippen molar-refractivity contribution in [1.29, 1.82) is 0 Å². The summed E-state index contributed by atoms with van der Waals surface area (Å²) in [6.07, 6.45) is 1.60. The zero-order valence-corrected chi connectivity index (χ0v) is 13.2. The van der Waals surface area contributed by atoms with E-state index in [1.54, 1.807) is 24.3 Å². The van der Waals surface area contributed by atoms with Crippen LogP contribution >= 0.6 is 11.6 Å². The van der Waals surface area contributed by atoms with Crippen LogP contribution in [0.4, 0.5) is 0 Å². The summed E-state index contributed by atoms with van der Waals surface area (Å²) in [5.74, 6) is -0.346. The van der Waals surface area contributed by atoms with Crippen molar-refractivity contribution in [2.24, 2.45) is 5.73 Å². The van der Waals surface area contributed by atoms with Crippen LogP contribution in [0.5, 0.6) is 0 Å². The second-order valence-electron chi connectivity index (χ2n) is 5.62. The van der Waals surface area contributed by atoms with E-state index in [2.05, 4.69) is 10.2 Å². The van der Waals surface area contributed by atoms with E-state index >= 15 is 0 Å². The molecule has 0 aliphatic carbocycles. The second kappa shape index (κ2) is 6.42. The molecule has 0 saturated carbocycles. The Kier molecular flexibility index (Phi) is 4.34. The minimum absolute atomic E-state index is 0.0449. The number of likely N-dealkylation sites (tertiary alicyclic amines) is 1. The number of amides is 2. The molecule has 1 aliphatic rings. The van der Waals surface area contributed by atoms with Gasteiger partial charge in [0, 0.05) is 24.7 Å². The van der Waals surface area contributed by atoms with E-state index in [4.69, 9.17) is 17.3 Å². The van der Waals surface area contributed by atoms with Gasteiger partial charge in [-0.15, -0.1) is 0 Å². The molecule has 2 aromatic rings. The average molecular weight is 333 g/mol. The van der Waals surface area contributed by atoms with Crippen LogP contribution in [0, 0.1) is 0 Å². The van der Waals surface area contributed by atoms with E-state index in [0.29, 0.717) is 23.7 Å². The van der Waals surface area contributed by atoms with Crippen molar-refractivity contribution in [2.75, 3.05) is 13.1 Å².